The molecule has 0 saturated carbocycles. The van der Waals surface area contributed by atoms with Gasteiger partial charge in [-0.2, -0.15) is 0 Å². The molecule has 0 N–H and O–H groups in total. The van der Waals surface area contributed by atoms with Gasteiger partial charge in [-0.3, -0.25) is 0 Å². The molecule has 1 radical (unpaired) electrons. The molecule has 0 amide bonds. The smallest absolute Gasteiger partial charge is 0.0189 e. The lowest BCUT2D eigenvalue weighted by atomic mass is 10.1. The van der Waals surface area contributed by atoms with Crippen molar-refractivity contribution in [2.75, 3.05) is 6.54 Å². The lowest BCUT2D eigenvalue weighted by Crippen LogP contribution is -2.17. The van der Waals surface area contributed by atoms with E-state index in [0.29, 0.717) is 6.04 Å². The molecule has 12 heavy (non-hydrogen) atoms. The second-order valence-corrected chi connectivity index (χ2v) is 3.24. The van der Waals surface area contributed by atoms with Crippen LogP contribution in [0.1, 0.15) is 19.4 Å². The third kappa shape index (κ3) is 3.54. The third-order valence-corrected chi connectivity index (χ3v) is 1.74. The SMILES string of the molecule is CC(C)[N]CCc1ccccc1. The van der Waals surface area contributed by atoms with Gasteiger partial charge in [0.25, 0.3) is 0 Å². The first-order valence-electron chi connectivity index (χ1n) is 4.49. The molecule has 0 aliphatic rings. The van der Waals surface area contributed by atoms with Gasteiger partial charge in [0.2, 0.25) is 0 Å². The Bertz CT molecular complexity index is 204. The summed E-state index contributed by atoms with van der Waals surface area (Å²) >= 11 is 0. The number of nitrogens with zero attached hydrogens (tertiary/aromatic N) is 1. The molecule has 0 atom stereocenters. The molecule has 65 valence electrons. The maximum absolute atomic E-state index is 4.42. The van der Waals surface area contributed by atoms with Crippen molar-refractivity contribution in [3.8, 4) is 0 Å². The van der Waals surface area contributed by atoms with Crippen molar-refractivity contribution >= 4 is 0 Å². The van der Waals surface area contributed by atoms with Gasteiger partial charge in [-0.25, -0.2) is 5.32 Å². The first-order valence-corrected chi connectivity index (χ1v) is 4.49. The highest BCUT2D eigenvalue weighted by atomic mass is 14.9. The van der Waals surface area contributed by atoms with E-state index in [-0.39, 0.29) is 0 Å². The van der Waals surface area contributed by atoms with Gasteiger partial charge in [0.1, 0.15) is 0 Å². The van der Waals surface area contributed by atoms with Crippen molar-refractivity contribution in [3.05, 3.63) is 35.9 Å². The molecule has 0 fully saturated rings. The first kappa shape index (κ1) is 9.27. The van der Waals surface area contributed by atoms with E-state index in [4.69, 9.17) is 0 Å². The number of hydrogen-bond acceptors (Lipinski definition) is 0. The Morgan fingerprint density at radius 2 is 1.83 bits per heavy atom. The van der Waals surface area contributed by atoms with E-state index in [1.807, 2.05) is 6.07 Å². The number of hydrogen-bond donors (Lipinski definition) is 0. The minimum Gasteiger partial charge on any atom is -0.239 e. The third-order valence-electron chi connectivity index (χ3n) is 1.74. The van der Waals surface area contributed by atoms with E-state index in [9.17, 15) is 0 Å². The van der Waals surface area contributed by atoms with Crippen LogP contribution < -0.4 is 5.32 Å². The number of rotatable bonds is 4. The number of benzene rings is 1. The lowest BCUT2D eigenvalue weighted by Gasteiger charge is -2.04. The van der Waals surface area contributed by atoms with Crippen LogP contribution in [0, 0.1) is 0 Å². The average Bonchev–Trinajstić information content (AvgIpc) is 2.05. The summed E-state index contributed by atoms with van der Waals surface area (Å²) in [5.41, 5.74) is 1.38. The van der Waals surface area contributed by atoms with Gasteiger partial charge in [0.15, 0.2) is 0 Å². The van der Waals surface area contributed by atoms with Gasteiger partial charge in [0, 0.05) is 12.6 Å². The quantitative estimate of drug-likeness (QED) is 0.644. The second-order valence-electron chi connectivity index (χ2n) is 3.24. The van der Waals surface area contributed by atoms with Crippen LogP contribution in [0.15, 0.2) is 30.3 Å². The molecule has 1 rings (SSSR count). The van der Waals surface area contributed by atoms with Crippen LogP contribution in [-0.2, 0) is 6.42 Å². The summed E-state index contributed by atoms with van der Waals surface area (Å²) in [6.07, 6.45) is 1.07. The van der Waals surface area contributed by atoms with Gasteiger partial charge in [-0.1, -0.05) is 30.3 Å². The van der Waals surface area contributed by atoms with Crippen LogP contribution in [0.3, 0.4) is 0 Å². The Hall–Kier alpha value is -0.820. The molecule has 0 spiro atoms. The van der Waals surface area contributed by atoms with E-state index in [1.165, 1.54) is 5.56 Å². The van der Waals surface area contributed by atoms with Gasteiger partial charge in [0.05, 0.1) is 0 Å². The topological polar surface area (TPSA) is 14.1 Å². The normalized spacial score (nSPS) is 10.6. The van der Waals surface area contributed by atoms with E-state index in [0.717, 1.165) is 13.0 Å². The van der Waals surface area contributed by atoms with Gasteiger partial charge in [-0.05, 0) is 25.8 Å². The van der Waals surface area contributed by atoms with Crippen LogP contribution >= 0.6 is 0 Å². The molecule has 0 bridgehead atoms. The van der Waals surface area contributed by atoms with Gasteiger partial charge >= 0.3 is 0 Å². The van der Waals surface area contributed by atoms with Crippen LogP contribution in [0.2, 0.25) is 0 Å². The van der Waals surface area contributed by atoms with Crippen LogP contribution in [0.4, 0.5) is 0 Å². The minimum absolute atomic E-state index is 0.466. The Morgan fingerprint density at radius 1 is 1.17 bits per heavy atom. The molecule has 1 heteroatoms. The highest BCUT2D eigenvalue weighted by Gasteiger charge is 1.94. The largest absolute Gasteiger partial charge is 0.239 e. The van der Waals surface area contributed by atoms with Crippen molar-refractivity contribution in [1.29, 1.82) is 0 Å². The Labute approximate surface area is 74.8 Å². The van der Waals surface area contributed by atoms with E-state index < -0.39 is 0 Å². The van der Waals surface area contributed by atoms with Crippen molar-refractivity contribution in [2.24, 2.45) is 0 Å². The Kier molecular flexibility index (Phi) is 3.81. The summed E-state index contributed by atoms with van der Waals surface area (Å²) in [6.45, 7) is 5.18. The molecule has 1 nitrogen and oxygen atoms in total. The molecule has 0 aliphatic heterocycles. The zero-order chi connectivity index (χ0) is 8.81. The summed E-state index contributed by atoms with van der Waals surface area (Å²) in [7, 11) is 0. The molecule has 1 aromatic rings. The standard InChI is InChI=1S/C11H16N/c1-10(2)12-9-8-11-6-4-3-5-7-11/h3-7,10H,8-9H2,1-2H3. The zero-order valence-electron chi connectivity index (χ0n) is 7.83. The van der Waals surface area contributed by atoms with E-state index in [2.05, 4.69) is 43.4 Å². The van der Waals surface area contributed by atoms with E-state index in [1.54, 1.807) is 0 Å². The predicted molar refractivity (Wildman–Crippen MR) is 52.3 cm³/mol. The second kappa shape index (κ2) is 4.94. The molecule has 0 saturated heterocycles. The highest BCUT2D eigenvalue weighted by Crippen LogP contribution is 1.98. The average molecular weight is 162 g/mol. The van der Waals surface area contributed by atoms with Crippen LogP contribution in [0.5, 0.6) is 0 Å². The predicted octanol–water partition coefficient (Wildman–Crippen LogP) is 2.24. The fourth-order valence-corrected chi connectivity index (χ4v) is 1.10. The molecular formula is C11H16N. The summed E-state index contributed by atoms with van der Waals surface area (Å²) < 4.78 is 0. The highest BCUT2D eigenvalue weighted by molar-refractivity contribution is 5.14. The Balaban J connectivity index is 2.25. The van der Waals surface area contributed by atoms with Gasteiger partial charge < -0.3 is 0 Å². The minimum atomic E-state index is 0.466. The van der Waals surface area contributed by atoms with Gasteiger partial charge in [-0.15, -0.1) is 0 Å². The van der Waals surface area contributed by atoms with Crippen LogP contribution in [0.25, 0.3) is 0 Å². The maximum Gasteiger partial charge on any atom is 0.0189 e. The lowest BCUT2D eigenvalue weighted by molar-refractivity contribution is 0.577. The molecule has 0 aromatic heterocycles. The summed E-state index contributed by atoms with van der Waals surface area (Å²) in [5, 5.41) is 4.42. The molecule has 1 aromatic carbocycles. The first-order chi connectivity index (χ1) is 5.79. The fraction of sp³-hybridized carbons (Fsp3) is 0.455. The van der Waals surface area contributed by atoms with E-state index >= 15 is 0 Å². The van der Waals surface area contributed by atoms with Crippen molar-refractivity contribution in [1.82, 2.24) is 5.32 Å². The summed E-state index contributed by atoms with van der Waals surface area (Å²) in [6, 6.07) is 11.0. The summed E-state index contributed by atoms with van der Waals surface area (Å²) in [5.74, 6) is 0. The molecular weight excluding hydrogens is 146 g/mol. The van der Waals surface area contributed by atoms with Crippen molar-refractivity contribution < 1.29 is 0 Å². The molecule has 0 aliphatic carbocycles. The molecule has 0 heterocycles. The monoisotopic (exact) mass is 162 g/mol. The van der Waals surface area contributed by atoms with Crippen molar-refractivity contribution in [2.45, 2.75) is 26.3 Å². The maximum atomic E-state index is 4.42. The zero-order valence-corrected chi connectivity index (χ0v) is 7.83. The molecule has 0 unspecified atom stereocenters. The Morgan fingerprint density at radius 3 is 2.42 bits per heavy atom. The van der Waals surface area contributed by atoms with Crippen molar-refractivity contribution in [3.63, 3.8) is 0 Å². The van der Waals surface area contributed by atoms with Crippen LogP contribution in [-0.4, -0.2) is 12.6 Å². The fourth-order valence-electron chi connectivity index (χ4n) is 1.10. The summed E-state index contributed by atoms with van der Waals surface area (Å²) in [4.78, 5) is 0.